The Morgan fingerprint density at radius 2 is 1.68 bits per heavy atom. The molecule has 0 saturated heterocycles. The van der Waals surface area contributed by atoms with Crippen molar-refractivity contribution in [3.05, 3.63) is 123 Å². The second-order valence-corrected chi connectivity index (χ2v) is 13.4. The summed E-state index contributed by atoms with van der Waals surface area (Å²) in [5.41, 5.74) is 0.540. The van der Waals surface area contributed by atoms with Gasteiger partial charge in [0.15, 0.2) is 29.9 Å². The van der Waals surface area contributed by atoms with Gasteiger partial charge in [-0.25, -0.2) is 9.00 Å². The molecule has 3 N–H and O–H groups in total. The maximum absolute atomic E-state index is 13.2. The molecule has 1 amide bonds. The zero-order valence-electron chi connectivity index (χ0n) is 27.4. The largest absolute Gasteiger partial charge is 0.619 e. The first-order valence-corrected chi connectivity index (χ1v) is 17.7. The molecule has 0 bridgehead atoms. The van der Waals surface area contributed by atoms with Gasteiger partial charge < -0.3 is 29.8 Å². The first-order valence-electron chi connectivity index (χ1n) is 15.8. The number of aliphatic carboxylic acids is 1. The predicted molar refractivity (Wildman–Crippen MR) is 188 cm³/mol. The number of pyridine rings is 1. The minimum absolute atomic E-state index is 0.0261. The monoisotopic (exact) mass is 793 g/mol. The van der Waals surface area contributed by atoms with E-state index in [1.807, 2.05) is 0 Å². The van der Waals surface area contributed by atoms with Crippen LogP contribution in [-0.4, -0.2) is 51.5 Å². The Morgan fingerprint density at radius 1 is 0.981 bits per heavy atom. The number of aromatic nitrogens is 1. The maximum Gasteiger partial charge on any atom is 0.387 e. The number of carboxylic acids is 1. The molecule has 3 atom stereocenters. The highest BCUT2D eigenvalue weighted by atomic mass is 35.5. The van der Waals surface area contributed by atoms with Gasteiger partial charge in [0.05, 0.1) is 12.3 Å². The fourth-order valence-electron chi connectivity index (χ4n) is 5.24. The molecule has 1 fully saturated rings. The van der Waals surface area contributed by atoms with Crippen molar-refractivity contribution < 1.29 is 56.0 Å². The molecule has 0 spiro atoms. The lowest BCUT2D eigenvalue weighted by Gasteiger charge is -2.27. The molecule has 4 aromatic rings. The molecule has 1 saturated carbocycles. The summed E-state index contributed by atoms with van der Waals surface area (Å²) in [6.45, 7) is -3.58. The van der Waals surface area contributed by atoms with Gasteiger partial charge in [0.25, 0.3) is 17.2 Å². The molecule has 18 heteroatoms. The second-order valence-electron chi connectivity index (χ2n) is 11.8. The third-order valence-corrected chi connectivity index (χ3v) is 9.37. The molecule has 1 aliphatic rings. The van der Waals surface area contributed by atoms with Gasteiger partial charge in [-0.2, -0.15) is 13.5 Å². The van der Waals surface area contributed by atoms with E-state index in [9.17, 15) is 42.2 Å². The van der Waals surface area contributed by atoms with Crippen LogP contribution < -0.4 is 23.8 Å². The van der Waals surface area contributed by atoms with E-state index >= 15 is 0 Å². The number of halogens is 4. The third-order valence-electron chi connectivity index (χ3n) is 7.96. The number of hydrogen-bond donors (Lipinski definition) is 3. The quantitative estimate of drug-likeness (QED) is 0.0494. The molecular weight excluding hydrogens is 763 g/mol. The van der Waals surface area contributed by atoms with Crippen molar-refractivity contribution >= 4 is 58.0 Å². The lowest BCUT2D eigenvalue weighted by Crippen LogP contribution is -2.36. The number of hydrogen-bond acceptors (Lipinski definition) is 8. The number of esters is 1. The summed E-state index contributed by atoms with van der Waals surface area (Å²) in [7, 11) is 0. The molecular formula is C35H31Cl2F2N3O10S. The third kappa shape index (κ3) is 10.5. The number of nitrogens with one attached hydrogen (secondary N) is 1. The van der Waals surface area contributed by atoms with Crippen molar-refractivity contribution in [2.45, 2.75) is 38.0 Å². The number of alkyl halides is 2. The molecule has 2 unspecified atom stereocenters. The Balaban J connectivity index is 1.36. The number of benzene rings is 3. The summed E-state index contributed by atoms with van der Waals surface area (Å²) < 4.78 is 66.1. The Bertz CT molecular complexity index is 1970. The van der Waals surface area contributed by atoms with Crippen LogP contribution in [0.2, 0.25) is 10.0 Å². The summed E-state index contributed by atoms with van der Waals surface area (Å²) in [6.07, 6.45) is 2.56. The van der Waals surface area contributed by atoms with Crippen molar-refractivity contribution in [1.82, 2.24) is 5.32 Å². The van der Waals surface area contributed by atoms with Crippen LogP contribution in [0.3, 0.4) is 0 Å². The maximum atomic E-state index is 13.2. The summed E-state index contributed by atoms with van der Waals surface area (Å²) >= 11 is 9.77. The molecule has 3 aromatic carbocycles. The van der Waals surface area contributed by atoms with E-state index in [-0.39, 0.29) is 68.4 Å². The first-order chi connectivity index (χ1) is 25.3. The lowest BCUT2D eigenvalue weighted by molar-refractivity contribution is -0.605. The Kier molecular flexibility index (Phi) is 13.1. The van der Waals surface area contributed by atoms with E-state index in [1.54, 1.807) is 18.2 Å². The van der Waals surface area contributed by atoms with Crippen LogP contribution in [0.1, 0.15) is 52.0 Å². The second kappa shape index (κ2) is 17.7. The number of anilines is 1. The van der Waals surface area contributed by atoms with Gasteiger partial charge in [-0.3, -0.25) is 18.4 Å². The molecule has 1 heterocycles. The average molecular weight is 795 g/mol. The van der Waals surface area contributed by atoms with Crippen LogP contribution in [0.5, 0.6) is 11.5 Å². The van der Waals surface area contributed by atoms with Gasteiger partial charge in [-0.15, -0.1) is 0 Å². The van der Waals surface area contributed by atoms with E-state index in [2.05, 4.69) is 10.1 Å². The van der Waals surface area contributed by atoms with Gasteiger partial charge in [-0.05, 0) is 60.2 Å². The Labute approximate surface area is 314 Å². The number of carbonyl (C=O) groups excluding carboxylic acids is 2. The summed E-state index contributed by atoms with van der Waals surface area (Å²) in [5.74, 6) is -3.20. The first kappa shape index (κ1) is 39.2. The van der Waals surface area contributed by atoms with Crippen molar-refractivity contribution in [3.63, 3.8) is 0 Å². The van der Waals surface area contributed by atoms with Gasteiger partial charge in [-0.1, -0.05) is 65.7 Å². The number of carbonyl (C=O) groups is 3. The van der Waals surface area contributed by atoms with Crippen molar-refractivity contribution in [1.29, 1.82) is 0 Å². The van der Waals surface area contributed by atoms with Gasteiger partial charge in [0.2, 0.25) is 0 Å². The minimum Gasteiger partial charge on any atom is -0.619 e. The van der Waals surface area contributed by atoms with Crippen LogP contribution in [0.15, 0.2) is 85.2 Å². The van der Waals surface area contributed by atoms with Crippen LogP contribution in [0.4, 0.5) is 14.5 Å². The Hall–Kier alpha value is -5.03. The zero-order chi connectivity index (χ0) is 38.2. The van der Waals surface area contributed by atoms with Crippen LogP contribution in [0, 0.1) is 11.1 Å². The molecule has 1 aromatic heterocycles. The van der Waals surface area contributed by atoms with Gasteiger partial charge in [0, 0.05) is 17.5 Å². The van der Waals surface area contributed by atoms with E-state index < -0.39 is 54.4 Å². The summed E-state index contributed by atoms with van der Waals surface area (Å²) in [6, 6.07) is 15.4. The van der Waals surface area contributed by atoms with Crippen molar-refractivity contribution in [2.75, 3.05) is 17.5 Å². The zero-order valence-corrected chi connectivity index (χ0v) is 29.7. The fraction of sp³-hybridized carbons (Fsp3) is 0.257. The molecule has 1 aliphatic carbocycles. The fourth-order valence-corrected chi connectivity index (χ4v) is 6.53. The molecule has 0 aliphatic heterocycles. The standard InChI is InChI=1S/C35H31Cl2F2N3O10S/c36-26-17-41(47)18-27(37)25(26)15-29(22-11-12-28(52-35(38)39)30(14-22)50-19-20-9-10-20)51-31(43)16-40-33(44)23-7-4-8-24(13-23)42(53(48)49)32(34(45)46)21-5-2-1-3-6-21/h1-8,11-14,17-18,20,29,32,35H,9-10,15-16,19H2,(H,40,44)(H,45,46)(H,48,49)/t29-,32?/m0/s1. The summed E-state index contributed by atoms with van der Waals surface area (Å²) in [4.78, 5) is 38.6. The highest BCUT2D eigenvalue weighted by molar-refractivity contribution is 7.80. The van der Waals surface area contributed by atoms with Crippen LogP contribution in [-0.2, 0) is 32.0 Å². The van der Waals surface area contributed by atoms with E-state index in [0.29, 0.717) is 9.04 Å². The SMILES string of the molecule is O=C(CNC(=O)c1cccc(N(C(C(=O)O)c2ccccc2)S(=O)O)c1)O[C@@H](Cc1c(Cl)c[n+]([O-])cc1Cl)c1ccc(OC(F)F)c(OCC2CC2)c1. The van der Waals surface area contributed by atoms with E-state index in [4.69, 9.17) is 32.7 Å². The van der Waals surface area contributed by atoms with Crippen LogP contribution >= 0.6 is 23.2 Å². The number of ether oxygens (including phenoxy) is 3. The number of amides is 1. The minimum atomic E-state index is -3.14. The highest BCUT2D eigenvalue weighted by Gasteiger charge is 2.32. The van der Waals surface area contributed by atoms with Crippen molar-refractivity contribution in [2.24, 2.45) is 5.92 Å². The average Bonchev–Trinajstić information content (AvgIpc) is 3.94. The molecule has 280 valence electrons. The smallest absolute Gasteiger partial charge is 0.387 e. The van der Waals surface area contributed by atoms with E-state index in [0.717, 1.165) is 25.2 Å². The topological polar surface area (TPSA) is 179 Å². The number of nitrogens with zero attached hydrogens (tertiary/aromatic N) is 2. The lowest BCUT2D eigenvalue weighted by atomic mass is 10.0. The molecule has 53 heavy (non-hydrogen) atoms. The Morgan fingerprint density at radius 3 is 2.30 bits per heavy atom. The number of rotatable bonds is 17. The highest BCUT2D eigenvalue weighted by Crippen LogP contribution is 2.38. The number of carboxylic acid groups (broad SMARTS) is 1. The summed E-state index contributed by atoms with van der Waals surface area (Å²) in [5, 5.41) is 24.1. The molecule has 0 radical (unpaired) electrons. The van der Waals surface area contributed by atoms with E-state index in [1.165, 1.54) is 54.6 Å². The van der Waals surface area contributed by atoms with Crippen LogP contribution in [0.25, 0.3) is 0 Å². The van der Waals surface area contributed by atoms with Gasteiger partial charge >= 0.3 is 18.6 Å². The molecule has 5 rings (SSSR count). The van der Waals surface area contributed by atoms with Crippen molar-refractivity contribution in [3.8, 4) is 11.5 Å². The normalized spacial score (nSPS) is 14.2. The molecule has 13 nitrogen and oxygen atoms in total. The van der Waals surface area contributed by atoms with Gasteiger partial charge in [0.1, 0.15) is 22.7 Å². The predicted octanol–water partition coefficient (Wildman–Crippen LogP) is 6.04.